The third-order valence-electron chi connectivity index (χ3n) is 3.20. The largest absolute Gasteiger partial charge is 0.366 e. The molecule has 8 heteroatoms. The van der Waals surface area contributed by atoms with Gasteiger partial charge >= 0.3 is 0 Å². The molecule has 1 aliphatic rings. The van der Waals surface area contributed by atoms with Crippen molar-refractivity contribution in [2.75, 3.05) is 19.7 Å². The molecule has 1 atom stereocenters. The van der Waals surface area contributed by atoms with Gasteiger partial charge in [0.25, 0.3) is 5.91 Å². The molecule has 1 aliphatic heterocycles. The Morgan fingerprint density at radius 1 is 1.48 bits per heavy atom. The third-order valence-corrected chi connectivity index (χ3v) is 3.51. The highest BCUT2D eigenvalue weighted by molar-refractivity contribution is 6.33. The maximum atomic E-state index is 13.8. The van der Waals surface area contributed by atoms with E-state index >= 15 is 0 Å². The predicted molar refractivity (Wildman–Crippen MR) is 70.3 cm³/mol. The zero-order valence-corrected chi connectivity index (χ0v) is 11.6. The van der Waals surface area contributed by atoms with Gasteiger partial charge in [-0.3, -0.25) is 4.79 Å². The molecule has 110 valence electrons. The molecule has 1 unspecified atom stereocenters. The first kappa shape index (κ1) is 14.0. The van der Waals surface area contributed by atoms with Crippen molar-refractivity contribution in [2.24, 2.45) is 0 Å². The number of amides is 1. The van der Waals surface area contributed by atoms with Gasteiger partial charge in [-0.25, -0.2) is 4.39 Å². The van der Waals surface area contributed by atoms with Crippen LogP contribution in [-0.2, 0) is 4.74 Å². The fourth-order valence-corrected chi connectivity index (χ4v) is 2.41. The predicted octanol–water partition coefficient (Wildman–Crippen LogP) is 2.08. The van der Waals surface area contributed by atoms with E-state index in [2.05, 4.69) is 14.7 Å². The average Bonchev–Trinajstić information content (AvgIpc) is 3.01. The minimum Gasteiger partial charge on any atom is -0.366 e. The van der Waals surface area contributed by atoms with Crippen LogP contribution in [0.25, 0.3) is 0 Å². The molecular weight excluding hydrogens is 301 g/mol. The van der Waals surface area contributed by atoms with Crippen molar-refractivity contribution >= 4 is 17.5 Å². The van der Waals surface area contributed by atoms with Crippen LogP contribution in [0, 0.1) is 5.82 Å². The highest BCUT2D eigenvalue weighted by atomic mass is 35.5. The van der Waals surface area contributed by atoms with Crippen LogP contribution in [0.3, 0.4) is 0 Å². The number of nitrogens with zero attached hydrogens (tertiary/aromatic N) is 3. The van der Waals surface area contributed by atoms with Crippen LogP contribution in [0.5, 0.6) is 0 Å². The summed E-state index contributed by atoms with van der Waals surface area (Å²) in [5.74, 6) is -0.767. The van der Waals surface area contributed by atoms with Crippen molar-refractivity contribution < 1.29 is 18.4 Å². The summed E-state index contributed by atoms with van der Waals surface area (Å²) in [6.07, 6.45) is 0.694. The molecule has 1 fully saturated rings. The Bertz CT molecular complexity index is 630. The quantitative estimate of drug-likeness (QED) is 0.849. The van der Waals surface area contributed by atoms with E-state index in [4.69, 9.17) is 16.3 Å². The zero-order valence-electron chi connectivity index (χ0n) is 10.8. The molecule has 0 spiro atoms. The van der Waals surface area contributed by atoms with Gasteiger partial charge in [0.1, 0.15) is 11.9 Å². The molecule has 21 heavy (non-hydrogen) atoms. The lowest BCUT2D eigenvalue weighted by atomic mass is 10.1. The first-order valence-electron chi connectivity index (χ1n) is 6.28. The molecule has 1 aromatic heterocycles. The fraction of sp³-hybridized carbons (Fsp3) is 0.308. The molecule has 0 aliphatic carbocycles. The number of hydrogen-bond donors (Lipinski definition) is 0. The Hall–Kier alpha value is -1.99. The van der Waals surface area contributed by atoms with E-state index in [-0.39, 0.29) is 17.1 Å². The first-order chi connectivity index (χ1) is 10.2. The van der Waals surface area contributed by atoms with Gasteiger partial charge in [0.05, 0.1) is 23.7 Å². The topological polar surface area (TPSA) is 68.5 Å². The van der Waals surface area contributed by atoms with E-state index in [1.807, 2.05) is 0 Å². The summed E-state index contributed by atoms with van der Waals surface area (Å²) in [5.41, 5.74) is -0.132. The number of hydrogen-bond acceptors (Lipinski definition) is 5. The van der Waals surface area contributed by atoms with Crippen molar-refractivity contribution in [1.29, 1.82) is 0 Å². The smallest absolute Gasteiger partial charge is 0.258 e. The lowest BCUT2D eigenvalue weighted by molar-refractivity contribution is -0.0277. The molecular formula is C13H11ClFN3O3. The minimum atomic E-state index is -0.643. The number of ether oxygens (including phenoxy) is 1. The molecule has 2 aromatic rings. The summed E-state index contributed by atoms with van der Waals surface area (Å²) in [5, 5.41) is 3.78. The van der Waals surface area contributed by atoms with Crippen LogP contribution in [0.15, 0.2) is 29.1 Å². The molecule has 1 saturated heterocycles. The van der Waals surface area contributed by atoms with E-state index in [9.17, 15) is 9.18 Å². The molecule has 0 saturated carbocycles. The number of carbonyl (C=O) groups excluding carboxylic acids is 1. The number of morpholine rings is 1. The number of carbonyl (C=O) groups is 1. The van der Waals surface area contributed by atoms with Crippen molar-refractivity contribution in [1.82, 2.24) is 15.0 Å². The summed E-state index contributed by atoms with van der Waals surface area (Å²) >= 11 is 5.92. The summed E-state index contributed by atoms with van der Waals surface area (Å²) in [7, 11) is 0. The van der Waals surface area contributed by atoms with E-state index in [1.54, 1.807) is 0 Å². The lowest BCUT2D eigenvalue weighted by Crippen LogP contribution is -2.42. The van der Waals surface area contributed by atoms with Gasteiger partial charge in [0.2, 0.25) is 12.2 Å². The van der Waals surface area contributed by atoms with Gasteiger partial charge in [-0.05, 0) is 12.1 Å². The monoisotopic (exact) mass is 311 g/mol. The Kier molecular flexibility index (Phi) is 3.85. The molecule has 3 rings (SSSR count). The van der Waals surface area contributed by atoms with Gasteiger partial charge < -0.3 is 14.2 Å². The van der Waals surface area contributed by atoms with E-state index < -0.39 is 17.8 Å². The summed E-state index contributed by atoms with van der Waals surface area (Å²) in [4.78, 5) is 17.8. The van der Waals surface area contributed by atoms with Crippen LogP contribution in [0.4, 0.5) is 4.39 Å². The molecule has 1 aromatic carbocycles. The third kappa shape index (κ3) is 2.74. The Labute approximate surface area is 124 Å². The van der Waals surface area contributed by atoms with Crippen LogP contribution < -0.4 is 0 Å². The maximum Gasteiger partial charge on any atom is 0.258 e. The van der Waals surface area contributed by atoms with Gasteiger partial charge in [0.15, 0.2) is 0 Å². The van der Waals surface area contributed by atoms with Gasteiger partial charge in [-0.2, -0.15) is 4.98 Å². The van der Waals surface area contributed by atoms with Gasteiger partial charge in [0, 0.05) is 6.54 Å². The Morgan fingerprint density at radius 3 is 3.05 bits per heavy atom. The van der Waals surface area contributed by atoms with Crippen molar-refractivity contribution in [3.63, 3.8) is 0 Å². The van der Waals surface area contributed by atoms with Gasteiger partial charge in [-0.15, -0.1) is 0 Å². The summed E-state index contributed by atoms with van der Waals surface area (Å²) in [6, 6.07) is 4.14. The Balaban J connectivity index is 1.82. The second-order valence-corrected chi connectivity index (χ2v) is 4.90. The summed E-state index contributed by atoms with van der Waals surface area (Å²) < 4.78 is 24.0. The van der Waals surface area contributed by atoms with Crippen LogP contribution >= 0.6 is 11.6 Å². The number of halogens is 2. The van der Waals surface area contributed by atoms with Gasteiger partial charge in [-0.1, -0.05) is 22.8 Å². The van der Waals surface area contributed by atoms with E-state index in [0.29, 0.717) is 19.0 Å². The first-order valence-corrected chi connectivity index (χ1v) is 6.66. The highest BCUT2D eigenvalue weighted by Gasteiger charge is 2.30. The van der Waals surface area contributed by atoms with Crippen LogP contribution in [-0.4, -0.2) is 40.6 Å². The normalized spacial score (nSPS) is 18.8. The second-order valence-electron chi connectivity index (χ2n) is 4.50. The SMILES string of the molecule is O=C(c1c(F)cccc1Cl)N1CCOC(c2ncon2)C1. The molecule has 0 bridgehead atoms. The zero-order chi connectivity index (χ0) is 14.8. The molecule has 0 radical (unpaired) electrons. The van der Waals surface area contributed by atoms with E-state index in [1.165, 1.54) is 29.5 Å². The maximum absolute atomic E-state index is 13.8. The van der Waals surface area contributed by atoms with Crippen molar-refractivity contribution in [3.8, 4) is 0 Å². The molecule has 6 nitrogen and oxygen atoms in total. The van der Waals surface area contributed by atoms with E-state index in [0.717, 1.165) is 0 Å². The molecule has 0 N–H and O–H groups in total. The second kappa shape index (κ2) is 5.79. The number of aromatic nitrogens is 2. The molecule has 2 heterocycles. The fourth-order valence-electron chi connectivity index (χ4n) is 2.17. The van der Waals surface area contributed by atoms with Crippen LogP contribution in [0.1, 0.15) is 22.3 Å². The lowest BCUT2D eigenvalue weighted by Gasteiger charge is -2.31. The van der Waals surface area contributed by atoms with Crippen molar-refractivity contribution in [2.45, 2.75) is 6.10 Å². The highest BCUT2D eigenvalue weighted by Crippen LogP contribution is 2.24. The van der Waals surface area contributed by atoms with Crippen LogP contribution in [0.2, 0.25) is 5.02 Å². The average molecular weight is 312 g/mol. The summed E-state index contributed by atoms with van der Waals surface area (Å²) in [6.45, 7) is 0.859. The van der Waals surface area contributed by atoms with Crippen molar-refractivity contribution in [3.05, 3.63) is 46.8 Å². The standard InChI is InChI=1S/C13H11ClFN3O3/c14-8-2-1-3-9(15)11(8)13(19)18-4-5-20-10(6-18)12-16-7-21-17-12/h1-3,7,10H,4-6H2. The Morgan fingerprint density at radius 2 is 2.33 bits per heavy atom. The number of rotatable bonds is 2. The molecule has 1 amide bonds. The minimum absolute atomic E-state index is 0.0857. The number of benzene rings is 1.